The van der Waals surface area contributed by atoms with Crippen LogP contribution in [0.15, 0.2) is 102 Å². The number of carbonyl (C=O) groups excluding carboxylic acids is 1. The number of carbonyl (C=O) groups is 1. The van der Waals surface area contributed by atoms with Gasteiger partial charge in [0.2, 0.25) is 5.91 Å². The molecule has 2 N–H and O–H groups in total. The lowest BCUT2D eigenvalue weighted by molar-refractivity contribution is -0.138. The number of hydrogen-bond donors (Lipinski definition) is 1. The third kappa shape index (κ3) is 10.3. The number of sulfone groups is 1. The van der Waals surface area contributed by atoms with Gasteiger partial charge < -0.3 is 10.5 Å². The predicted molar refractivity (Wildman–Crippen MR) is 194 cm³/mol. The molecule has 0 saturated carbocycles. The van der Waals surface area contributed by atoms with Crippen LogP contribution in [0.4, 0.5) is 26.3 Å². The zero-order valence-corrected chi connectivity index (χ0v) is 30.7. The third-order valence-electron chi connectivity index (χ3n) is 10.0. The number of likely N-dealkylation sites (tertiary alicyclic amines) is 2. The lowest BCUT2D eigenvalue weighted by Gasteiger charge is -2.28. The van der Waals surface area contributed by atoms with Crippen LogP contribution in [0.5, 0.6) is 0 Å². The van der Waals surface area contributed by atoms with Gasteiger partial charge in [-0.25, -0.2) is 8.42 Å². The SMILES string of the molecule is CCS(=O)(=O)c1ccc(CN2CC(COC)C(N3CCC(c4ccc(C(F)(F)F)cc4)C3)C2)cc1.NC(=O)c1cccc(-c2ccc(C(F)(F)F)cc2)c1. The molecule has 2 heterocycles. The topological polar surface area (TPSA) is 92.9 Å². The molecule has 0 radical (unpaired) electrons. The van der Waals surface area contributed by atoms with Crippen molar-refractivity contribution in [3.8, 4) is 11.1 Å². The van der Waals surface area contributed by atoms with E-state index in [1.165, 1.54) is 24.3 Å². The van der Waals surface area contributed by atoms with Crippen molar-refractivity contribution in [2.24, 2.45) is 11.7 Å². The summed E-state index contributed by atoms with van der Waals surface area (Å²) in [4.78, 5) is 16.2. The Kier molecular flexibility index (Phi) is 12.9. The smallest absolute Gasteiger partial charge is 0.384 e. The number of benzene rings is 4. The predicted octanol–water partition coefficient (Wildman–Crippen LogP) is 7.91. The molecule has 0 aliphatic carbocycles. The summed E-state index contributed by atoms with van der Waals surface area (Å²) in [5.41, 5.74) is 7.42. The van der Waals surface area contributed by atoms with Crippen molar-refractivity contribution in [2.45, 2.75) is 49.1 Å². The summed E-state index contributed by atoms with van der Waals surface area (Å²) in [6.07, 6.45) is -7.74. The van der Waals surface area contributed by atoms with E-state index < -0.39 is 39.2 Å². The second-order valence-corrected chi connectivity index (χ2v) is 15.9. The van der Waals surface area contributed by atoms with Gasteiger partial charge in [-0.1, -0.05) is 55.5 Å². The van der Waals surface area contributed by atoms with Gasteiger partial charge in [0.25, 0.3) is 0 Å². The number of ether oxygens (including phenoxy) is 1. The first kappa shape index (κ1) is 40.9. The maximum Gasteiger partial charge on any atom is 0.416 e. The normalized spacial score (nSPS) is 19.7. The fourth-order valence-electron chi connectivity index (χ4n) is 7.10. The lowest BCUT2D eigenvalue weighted by Crippen LogP contribution is -2.40. The molecule has 7 nitrogen and oxygen atoms in total. The van der Waals surface area contributed by atoms with Crippen molar-refractivity contribution < 1.29 is 44.3 Å². The molecule has 4 aromatic rings. The highest BCUT2D eigenvalue weighted by atomic mass is 32.2. The second-order valence-electron chi connectivity index (χ2n) is 13.6. The van der Waals surface area contributed by atoms with E-state index in [9.17, 15) is 39.6 Å². The molecule has 1 amide bonds. The van der Waals surface area contributed by atoms with E-state index in [-0.39, 0.29) is 11.7 Å². The Labute approximate surface area is 311 Å². The number of hydrogen-bond acceptors (Lipinski definition) is 6. The van der Waals surface area contributed by atoms with Crippen molar-refractivity contribution in [2.75, 3.05) is 45.6 Å². The van der Waals surface area contributed by atoms with Crippen molar-refractivity contribution in [3.63, 3.8) is 0 Å². The van der Waals surface area contributed by atoms with Gasteiger partial charge in [-0.3, -0.25) is 14.6 Å². The molecule has 3 unspecified atom stereocenters. The Bertz CT molecular complexity index is 1970. The van der Waals surface area contributed by atoms with Gasteiger partial charge in [0, 0.05) is 50.8 Å². The Morgan fingerprint density at radius 3 is 1.98 bits per heavy atom. The summed E-state index contributed by atoms with van der Waals surface area (Å²) < 4.78 is 106. The Morgan fingerprint density at radius 1 is 0.815 bits per heavy atom. The zero-order valence-electron chi connectivity index (χ0n) is 29.9. The molecule has 2 aliphatic rings. The lowest BCUT2D eigenvalue weighted by atomic mass is 9.97. The Hall–Kier alpha value is -4.24. The van der Waals surface area contributed by atoms with E-state index in [1.807, 2.05) is 12.1 Å². The van der Waals surface area contributed by atoms with Gasteiger partial charge in [0.05, 0.1) is 28.4 Å². The van der Waals surface area contributed by atoms with Crippen LogP contribution in [0.1, 0.15) is 51.9 Å². The Morgan fingerprint density at radius 2 is 1.43 bits per heavy atom. The first-order chi connectivity index (χ1) is 25.5. The van der Waals surface area contributed by atoms with E-state index in [0.29, 0.717) is 40.2 Å². The van der Waals surface area contributed by atoms with Crippen LogP contribution < -0.4 is 5.73 Å². The zero-order chi connectivity index (χ0) is 39.3. The van der Waals surface area contributed by atoms with E-state index >= 15 is 0 Å². The summed E-state index contributed by atoms with van der Waals surface area (Å²) >= 11 is 0. The third-order valence-corrected chi connectivity index (χ3v) is 11.8. The van der Waals surface area contributed by atoms with Crippen LogP contribution in [-0.4, -0.2) is 75.8 Å². The molecule has 6 rings (SSSR count). The molecular weight excluding hydrogens is 733 g/mol. The average molecular weight is 776 g/mol. The molecular formula is C40H43F6N3O4S. The summed E-state index contributed by atoms with van der Waals surface area (Å²) in [6, 6.07) is 24.2. The molecule has 2 aliphatic heterocycles. The highest BCUT2D eigenvalue weighted by Gasteiger charge is 2.40. The summed E-state index contributed by atoms with van der Waals surface area (Å²) in [5.74, 6) is 0.0738. The summed E-state index contributed by atoms with van der Waals surface area (Å²) in [6.45, 7) is 6.53. The number of amides is 1. The van der Waals surface area contributed by atoms with E-state index in [1.54, 1.807) is 62.6 Å². The maximum atomic E-state index is 12.9. The average Bonchev–Trinajstić information content (AvgIpc) is 3.79. The standard InChI is InChI=1S/C26H33F3N2O3S.C14H10F3NO/c1-3-35(32,33)24-10-4-19(5-11-24)14-30-15-22(18-34-2)25(17-30)31-13-12-21(16-31)20-6-8-23(9-7-20)26(27,28)29;15-14(16,17)12-6-4-9(5-7-12)10-2-1-3-11(8-10)13(18)19/h4-11,21-22,25H,3,12-18H2,1-2H3;1-8H,(H2,18,19). The molecule has 54 heavy (non-hydrogen) atoms. The van der Waals surface area contributed by atoms with Crippen LogP contribution in [0.3, 0.4) is 0 Å². The minimum absolute atomic E-state index is 0.0855. The molecule has 2 fully saturated rings. The molecule has 0 bridgehead atoms. The summed E-state index contributed by atoms with van der Waals surface area (Å²) in [5, 5.41) is 0. The maximum absolute atomic E-state index is 12.9. The number of primary amides is 1. The fourth-order valence-corrected chi connectivity index (χ4v) is 7.98. The number of halogens is 6. The van der Waals surface area contributed by atoms with Gasteiger partial charge in [-0.2, -0.15) is 26.3 Å². The van der Waals surface area contributed by atoms with Crippen LogP contribution in [0, 0.1) is 5.92 Å². The number of alkyl halides is 6. The minimum atomic E-state index is -4.35. The molecule has 4 aromatic carbocycles. The van der Waals surface area contributed by atoms with Gasteiger partial charge in [-0.15, -0.1) is 0 Å². The number of nitrogens with two attached hydrogens (primary N) is 1. The first-order valence-corrected chi connectivity index (χ1v) is 19.2. The van der Waals surface area contributed by atoms with E-state index in [0.717, 1.165) is 62.4 Å². The number of rotatable bonds is 10. The van der Waals surface area contributed by atoms with Crippen LogP contribution in [0.2, 0.25) is 0 Å². The Balaban J connectivity index is 0.000000249. The fraction of sp³-hybridized carbons (Fsp3) is 0.375. The highest BCUT2D eigenvalue weighted by molar-refractivity contribution is 7.91. The van der Waals surface area contributed by atoms with Crippen LogP contribution in [0.25, 0.3) is 11.1 Å². The van der Waals surface area contributed by atoms with E-state index in [4.69, 9.17) is 10.5 Å². The van der Waals surface area contributed by atoms with Crippen LogP contribution >= 0.6 is 0 Å². The molecule has 3 atom stereocenters. The molecule has 290 valence electrons. The van der Waals surface area contributed by atoms with E-state index in [2.05, 4.69) is 9.80 Å². The highest BCUT2D eigenvalue weighted by Crippen LogP contribution is 2.36. The molecule has 2 saturated heterocycles. The van der Waals surface area contributed by atoms with Crippen molar-refractivity contribution >= 4 is 15.7 Å². The first-order valence-electron chi connectivity index (χ1n) is 17.5. The van der Waals surface area contributed by atoms with Crippen LogP contribution in [-0.2, 0) is 33.5 Å². The van der Waals surface area contributed by atoms with Gasteiger partial charge in [-0.05, 0) is 89.7 Å². The largest absolute Gasteiger partial charge is 0.416 e. The molecule has 0 spiro atoms. The number of nitrogens with zero attached hydrogens (tertiary/aromatic N) is 2. The van der Waals surface area contributed by atoms with Gasteiger partial charge in [0.15, 0.2) is 9.84 Å². The van der Waals surface area contributed by atoms with Crippen molar-refractivity contribution in [3.05, 3.63) is 125 Å². The number of methoxy groups -OCH3 is 1. The second kappa shape index (κ2) is 17.1. The quantitative estimate of drug-likeness (QED) is 0.165. The van der Waals surface area contributed by atoms with Crippen molar-refractivity contribution in [1.82, 2.24) is 9.80 Å². The monoisotopic (exact) mass is 775 g/mol. The minimum Gasteiger partial charge on any atom is -0.384 e. The van der Waals surface area contributed by atoms with Crippen molar-refractivity contribution in [1.29, 1.82) is 0 Å². The van der Waals surface area contributed by atoms with Gasteiger partial charge >= 0.3 is 12.4 Å². The molecule has 14 heteroatoms. The van der Waals surface area contributed by atoms with Gasteiger partial charge in [0.1, 0.15) is 0 Å². The summed E-state index contributed by atoms with van der Waals surface area (Å²) in [7, 11) is -1.50. The molecule has 0 aromatic heterocycles.